The van der Waals surface area contributed by atoms with E-state index in [0.717, 1.165) is 17.5 Å². The van der Waals surface area contributed by atoms with E-state index in [1.807, 2.05) is 6.07 Å². The molecule has 1 fully saturated rings. The first-order valence-corrected chi connectivity index (χ1v) is 10.7. The molecule has 4 heterocycles. The highest BCUT2D eigenvalue weighted by Crippen LogP contribution is 2.30. The third-order valence-electron chi connectivity index (χ3n) is 5.44. The number of aromatic amines is 2. The molecule has 29 heavy (non-hydrogen) atoms. The molecular formula is C19H18FN5O3S. The Hall–Kier alpha value is -2.98. The van der Waals surface area contributed by atoms with Crippen LogP contribution in [0.1, 0.15) is 18.9 Å². The number of nitrogens with zero attached hydrogens (tertiary/aromatic N) is 3. The number of hydrogen-bond donors (Lipinski definition) is 2. The highest BCUT2D eigenvalue weighted by atomic mass is 32.2. The molecule has 2 N–H and O–H groups in total. The van der Waals surface area contributed by atoms with Gasteiger partial charge in [0.25, 0.3) is 0 Å². The van der Waals surface area contributed by atoms with Gasteiger partial charge < -0.3 is 9.97 Å². The highest BCUT2D eigenvalue weighted by Gasteiger charge is 2.32. The minimum absolute atomic E-state index is 0.0445. The van der Waals surface area contributed by atoms with E-state index < -0.39 is 15.8 Å². The first-order chi connectivity index (χ1) is 13.9. The van der Waals surface area contributed by atoms with Gasteiger partial charge in [-0.3, -0.25) is 4.57 Å². The number of halogens is 1. The van der Waals surface area contributed by atoms with Crippen molar-refractivity contribution in [3.63, 3.8) is 0 Å². The minimum atomic E-state index is -3.78. The SMILES string of the molecule is O=c1[nH]c2cnc3[nH]ccc3c2n1[C@@H]1CCCN(S(=O)(=O)c2ccc(F)cc2)C1. The number of nitrogens with one attached hydrogen (secondary N) is 2. The highest BCUT2D eigenvalue weighted by molar-refractivity contribution is 7.89. The van der Waals surface area contributed by atoms with Crippen molar-refractivity contribution < 1.29 is 12.8 Å². The predicted octanol–water partition coefficient (Wildman–Crippen LogP) is 2.37. The van der Waals surface area contributed by atoms with Crippen molar-refractivity contribution >= 4 is 32.1 Å². The van der Waals surface area contributed by atoms with Gasteiger partial charge in [-0.05, 0) is 43.2 Å². The molecule has 0 aliphatic carbocycles. The van der Waals surface area contributed by atoms with Crippen LogP contribution in [0, 0.1) is 5.82 Å². The topological polar surface area (TPSA) is 104 Å². The van der Waals surface area contributed by atoms with E-state index in [2.05, 4.69) is 15.0 Å². The number of H-pyrrole nitrogens is 2. The summed E-state index contributed by atoms with van der Waals surface area (Å²) in [6.45, 7) is 0.523. The molecule has 1 aliphatic heterocycles. The van der Waals surface area contributed by atoms with E-state index in [-0.39, 0.29) is 23.2 Å². The molecule has 1 aliphatic rings. The summed E-state index contributed by atoms with van der Waals surface area (Å²) in [6.07, 6.45) is 4.65. The number of sulfonamides is 1. The lowest BCUT2D eigenvalue weighted by atomic mass is 10.1. The summed E-state index contributed by atoms with van der Waals surface area (Å²) in [5.74, 6) is -0.491. The van der Waals surface area contributed by atoms with Gasteiger partial charge in [-0.2, -0.15) is 4.31 Å². The lowest BCUT2D eigenvalue weighted by molar-refractivity contribution is 0.267. The van der Waals surface area contributed by atoms with Crippen molar-refractivity contribution in [2.75, 3.05) is 13.1 Å². The number of hydrogen-bond acceptors (Lipinski definition) is 4. The standard InChI is InChI=1S/C19H18FN5O3S/c20-12-3-5-14(6-4-12)29(27,28)24-9-1-2-13(11-24)25-17-15-7-8-21-18(15)22-10-16(17)23-19(25)26/h3-8,10,13H,1-2,9,11H2,(H,21,22)(H,23,26)/t13-/m1/s1. The summed E-state index contributed by atoms with van der Waals surface area (Å²) >= 11 is 0. The Balaban J connectivity index is 1.56. The molecule has 0 spiro atoms. The molecule has 1 aromatic carbocycles. The summed E-state index contributed by atoms with van der Waals surface area (Å²) in [7, 11) is -3.78. The normalized spacial score (nSPS) is 18.6. The molecule has 10 heteroatoms. The molecule has 0 radical (unpaired) electrons. The zero-order valence-corrected chi connectivity index (χ0v) is 16.1. The largest absolute Gasteiger partial charge is 0.346 e. The lowest BCUT2D eigenvalue weighted by Gasteiger charge is -2.32. The van der Waals surface area contributed by atoms with Crippen LogP contribution in [0.25, 0.3) is 22.1 Å². The van der Waals surface area contributed by atoms with Crippen molar-refractivity contribution in [3.8, 4) is 0 Å². The monoisotopic (exact) mass is 415 g/mol. The van der Waals surface area contributed by atoms with Crippen LogP contribution < -0.4 is 5.69 Å². The van der Waals surface area contributed by atoms with Gasteiger partial charge in [0, 0.05) is 24.7 Å². The first kappa shape index (κ1) is 18.1. The zero-order chi connectivity index (χ0) is 20.2. The molecule has 150 valence electrons. The molecule has 0 amide bonds. The number of fused-ring (bicyclic) bond motifs is 3. The molecule has 5 rings (SSSR count). The van der Waals surface area contributed by atoms with Crippen molar-refractivity contribution in [2.45, 2.75) is 23.8 Å². The van der Waals surface area contributed by atoms with Crippen LogP contribution in [0.4, 0.5) is 4.39 Å². The van der Waals surface area contributed by atoms with Crippen LogP contribution in [0.15, 0.2) is 52.4 Å². The van der Waals surface area contributed by atoms with Gasteiger partial charge >= 0.3 is 5.69 Å². The van der Waals surface area contributed by atoms with Gasteiger partial charge in [-0.25, -0.2) is 22.6 Å². The van der Waals surface area contributed by atoms with Crippen LogP contribution in [-0.2, 0) is 10.0 Å². The molecule has 1 saturated heterocycles. The Morgan fingerprint density at radius 1 is 1.17 bits per heavy atom. The molecular weight excluding hydrogens is 397 g/mol. The van der Waals surface area contributed by atoms with Crippen molar-refractivity contribution in [1.82, 2.24) is 23.8 Å². The summed E-state index contributed by atoms with van der Waals surface area (Å²) in [4.78, 5) is 22.9. The summed E-state index contributed by atoms with van der Waals surface area (Å²) < 4.78 is 42.3. The van der Waals surface area contributed by atoms with Crippen molar-refractivity contribution in [3.05, 3.63) is 59.0 Å². The van der Waals surface area contributed by atoms with Gasteiger partial charge in [0.05, 0.1) is 28.2 Å². The van der Waals surface area contributed by atoms with E-state index in [4.69, 9.17) is 0 Å². The predicted molar refractivity (Wildman–Crippen MR) is 106 cm³/mol. The number of benzene rings is 1. The smallest absolute Gasteiger partial charge is 0.326 e. The van der Waals surface area contributed by atoms with Crippen LogP contribution in [0.2, 0.25) is 0 Å². The number of rotatable bonds is 3. The van der Waals surface area contributed by atoms with Gasteiger partial charge in [0.15, 0.2) is 0 Å². The number of piperidine rings is 1. The van der Waals surface area contributed by atoms with E-state index in [0.29, 0.717) is 36.1 Å². The third-order valence-corrected chi connectivity index (χ3v) is 7.31. The summed E-state index contributed by atoms with van der Waals surface area (Å²) in [5, 5.41) is 0.805. The maximum absolute atomic E-state index is 13.2. The zero-order valence-electron chi connectivity index (χ0n) is 15.3. The fourth-order valence-corrected chi connectivity index (χ4v) is 5.59. The van der Waals surface area contributed by atoms with Crippen molar-refractivity contribution in [2.24, 2.45) is 0 Å². The average molecular weight is 415 g/mol. The fourth-order valence-electron chi connectivity index (χ4n) is 4.08. The van der Waals surface area contributed by atoms with Crippen molar-refractivity contribution in [1.29, 1.82) is 0 Å². The van der Waals surface area contributed by atoms with E-state index in [1.54, 1.807) is 17.0 Å². The molecule has 3 aromatic heterocycles. The van der Waals surface area contributed by atoms with Crippen LogP contribution in [0.5, 0.6) is 0 Å². The number of pyridine rings is 1. The fraction of sp³-hybridized carbons (Fsp3) is 0.263. The van der Waals surface area contributed by atoms with Crippen LogP contribution in [0.3, 0.4) is 0 Å². The van der Waals surface area contributed by atoms with Gasteiger partial charge in [-0.1, -0.05) is 0 Å². The van der Waals surface area contributed by atoms with Gasteiger partial charge in [0.2, 0.25) is 10.0 Å². The molecule has 4 aromatic rings. The molecule has 8 nitrogen and oxygen atoms in total. The second-order valence-electron chi connectivity index (χ2n) is 7.17. The lowest BCUT2D eigenvalue weighted by Crippen LogP contribution is -2.42. The Kier molecular flexibility index (Phi) is 4.07. The van der Waals surface area contributed by atoms with E-state index >= 15 is 0 Å². The maximum atomic E-state index is 13.2. The third kappa shape index (κ3) is 2.87. The molecule has 0 unspecified atom stereocenters. The van der Waals surface area contributed by atoms with Crippen LogP contribution in [-0.4, -0.2) is 45.3 Å². The van der Waals surface area contributed by atoms with E-state index in [1.165, 1.54) is 16.4 Å². The second-order valence-corrected chi connectivity index (χ2v) is 9.11. The Bertz CT molecular complexity index is 1370. The number of aromatic nitrogens is 4. The maximum Gasteiger partial charge on any atom is 0.326 e. The van der Waals surface area contributed by atoms with Gasteiger partial charge in [-0.15, -0.1) is 0 Å². The Morgan fingerprint density at radius 3 is 2.76 bits per heavy atom. The number of imidazole rings is 1. The average Bonchev–Trinajstić information content (AvgIpc) is 3.31. The van der Waals surface area contributed by atoms with E-state index in [9.17, 15) is 17.6 Å². The van der Waals surface area contributed by atoms with Gasteiger partial charge in [0.1, 0.15) is 11.5 Å². The summed E-state index contributed by atoms with van der Waals surface area (Å²) in [5.41, 5.74) is 1.70. The molecule has 1 atom stereocenters. The Morgan fingerprint density at radius 2 is 1.97 bits per heavy atom. The molecule has 0 bridgehead atoms. The quantitative estimate of drug-likeness (QED) is 0.536. The Labute approximate surface area is 165 Å². The molecule has 0 saturated carbocycles. The second kappa shape index (κ2) is 6.53. The first-order valence-electron chi connectivity index (χ1n) is 9.27. The van der Waals surface area contributed by atoms with Crippen LogP contribution >= 0.6 is 0 Å². The minimum Gasteiger partial charge on any atom is -0.346 e. The summed E-state index contributed by atoms with van der Waals surface area (Å²) in [6, 6.07) is 6.33.